The number of rotatable bonds is 10. The summed E-state index contributed by atoms with van der Waals surface area (Å²) < 4.78 is 0. The van der Waals surface area contributed by atoms with Gasteiger partial charge in [0.05, 0.1) is 0 Å². The maximum atomic E-state index is 2.50. The topological polar surface area (TPSA) is 6.48 Å². The minimum Gasteiger partial charge on any atom is -0.372 e. The van der Waals surface area contributed by atoms with E-state index in [1.54, 1.807) is 0 Å². The maximum Gasteiger partial charge on any atom is 0.0386 e. The minimum atomic E-state index is 0.760. The van der Waals surface area contributed by atoms with Gasteiger partial charge in [0, 0.05) is 37.6 Å². The highest BCUT2D eigenvalue weighted by atomic mass is 15.1. The molecule has 0 aromatic heterocycles. The van der Waals surface area contributed by atoms with Crippen molar-refractivity contribution in [2.45, 2.75) is 54.4 Å². The molecule has 0 atom stereocenters. The van der Waals surface area contributed by atoms with E-state index >= 15 is 0 Å². The summed E-state index contributed by atoms with van der Waals surface area (Å²) in [6, 6.07) is 9.08. The third-order valence-corrected chi connectivity index (χ3v) is 4.28. The second-order valence-corrected chi connectivity index (χ2v) is 7.04. The summed E-state index contributed by atoms with van der Waals surface area (Å²) in [5.41, 5.74) is 2.73. The van der Waals surface area contributed by atoms with E-state index < -0.39 is 0 Å². The molecular formula is C20H36N2. The first-order valence-electron chi connectivity index (χ1n) is 9.07. The van der Waals surface area contributed by atoms with Gasteiger partial charge in [-0.25, -0.2) is 0 Å². The quantitative estimate of drug-likeness (QED) is 0.568. The Hall–Kier alpha value is -1.18. The molecule has 0 saturated heterocycles. The van der Waals surface area contributed by atoms with E-state index in [0.29, 0.717) is 0 Å². The Morgan fingerprint density at radius 3 is 1.50 bits per heavy atom. The van der Waals surface area contributed by atoms with Crippen LogP contribution in [-0.2, 0) is 0 Å². The van der Waals surface area contributed by atoms with Gasteiger partial charge in [0.2, 0.25) is 0 Å². The van der Waals surface area contributed by atoms with Crippen LogP contribution in [0.1, 0.15) is 54.4 Å². The van der Waals surface area contributed by atoms with E-state index in [2.05, 4.69) is 75.6 Å². The molecule has 22 heavy (non-hydrogen) atoms. The summed E-state index contributed by atoms with van der Waals surface area (Å²) >= 11 is 0. The zero-order valence-electron chi connectivity index (χ0n) is 15.6. The van der Waals surface area contributed by atoms with E-state index in [9.17, 15) is 0 Å². The molecule has 0 amide bonds. The Balaban J connectivity index is 2.81. The molecule has 0 saturated carbocycles. The third kappa shape index (κ3) is 6.29. The maximum absolute atomic E-state index is 2.50. The molecule has 0 aliphatic carbocycles. The van der Waals surface area contributed by atoms with Gasteiger partial charge in [0.25, 0.3) is 0 Å². The highest BCUT2D eigenvalue weighted by Gasteiger charge is 2.10. The Labute approximate surface area is 138 Å². The Morgan fingerprint density at radius 2 is 1.18 bits per heavy atom. The lowest BCUT2D eigenvalue weighted by molar-refractivity contribution is 0.574. The van der Waals surface area contributed by atoms with Gasteiger partial charge in [0.15, 0.2) is 0 Å². The summed E-state index contributed by atoms with van der Waals surface area (Å²) in [7, 11) is 0. The SMILES string of the molecule is CCN(CCC(C)C)c1cccc(N(CC)CCC(C)C)c1. The van der Waals surface area contributed by atoms with E-state index in [1.165, 1.54) is 24.2 Å². The van der Waals surface area contributed by atoms with Crippen LogP contribution >= 0.6 is 0 Å². The first-order chi connectivity index (χ1) is 10.5. The molecule has 1 aromatic carbocycles. The molecule has 0 N–H and O–H groups in total. The molecule has 0 aliphatic heterocycles. The summed E-state index contributed by atoms with van der Waals surface area (Å²) in [5.74, 6) is 1.52. The predicted octanol–water partition coefficient (Wildman–Crippen LogP) is 5.43. The van der Waals surface area contributed by atoms with E-state index in [-0.39, 0.29) is 0 Å². The molecule has 0 unspecified atom stereocenters. The molecule has 0 radical (unpaired) electrons. The molecule has 2 heteroatoms. The Bertz CT molecular complexity index is 377. The van der Waals surface area contributed by atoms with Gasteiger partial charge in [-0.3, -0.25) is 0 Å². The number of hydrogen-bond donors (Lipinski definition) is 0. The van der Waals surface area contributed by atoms with Crippen LogP contribution in [0.4, 0.5) is 11.4 Å². The lowest BCUT2D eigenvalue weighted by Gasteiger charge is -2.28. The fraction of sp³-hybridized carbons (Fsp3) is 0.700. The van der Waals surface area contributed by atoms with Crippen LogP contribution in [0.2, 0.25) is 0 Å². The highest BCUT2D eigenvalue weighted by Crippen LogP contribution is 2.24. The fourth-order valence-electron chi connectivity index (χ4n) is 2.65. The second kappa shape index (κ2) is 9.76. The first-order valence-corrected chi connectivity index (χ1v) is 9.07. The molecule has 2 nitrogen and oxygen atoms in total. The van der Waals surface area contributed by atoms with Crippen molar-refractivity contribution in [1.29, 1.82) is 0 Å². The molecule has 1 rings (SSSR count). The van der Waals surface area contributed by atoms with Crippen molar-refractivity contribution in [3.8, 4) is 0 Å². The molecule has 0 heterocycles. The van der Waals surface area contributed by atoms with Crippen LogP contribution in [0.15, 0.2) is 24.3 Å². The van der Waals surface area contributed by atoms with Crippen LogP contribution < -0.4 is 9.80 Å². The number of anilines is 2. The summed E-state index contributed by atoms with van der Waals surface area (Å²) in [6.45, 7) is 18.2. The number of hydrogen-bond acceptors (Lipinski definition) is 2. The highest BCUT2D eigenvalue weighted by molar-refractivity contribution is 5.59. The molecule has 0 bridgehead atoms. The lowest BCUT2D eigenvalue weighted by atomic mass is 10.1. The van der Waals surface area contributed by atoms with Crippen LogP contribution in [-0.4, -0.2) is 26.2 Å². The molecule has 0 fully saturated rings. The van der Waals surface area contributed by atoms with Crippen molar-refractivity contribution < 1.29 is 0 Å². The van der Waals surface area contributed by atoms with Crippen molar-refractivity contribution in [2.75, 3.05) is 36.0 Å². The molecule has 0 spiro atoms. The predicted molar refractivity (Wildman–Crippen MR) is 101 cm³/mol. The summed E-state index contributed by atoms with van der Waals surface area (Å²) in [4.78, 5) is 5.00. The zero-order valence-corrected chi connectivity index (χ0v) is 15.6. The van der Waals surface area contributed by atoms with Gasteiger partial charge in [-0.05, 0) is 56.7 Å². The lowest BCUT2D eigenvalue weighted by Crippen LogP contribution is -2.27. The van der Waals surface area contributed by atoms with Crippen LogP contribution in [0.25, 0.3) is 0 Å². The van der Waals surface area contributed by atoms with Gasteiger partial charge in [0.1, 0.15) is 0 Å². The fourth-order valence-corrected chi connectivity index (χ4v) is 2.65. The molecule has 126 valence electrons. The van der Waals surface area contributed by atoms with Gasteiger partial charge in [-0.1, -0.05) is 33.8 Å². The van der Waals surface area contributed by atoms with Gasteiger partial charge in [-0.15, -0.1) is 0 Å². The largest absolute Gasteiger partial charge is 0.372 e. The Morgan fingerprint density at radius 1 is 0.773 bits per heavy atom. The first kappa shape index (κ1) is 18.9. The van der Waals surface area contributed by atoms with E-state index in [0.717, 1.165) is 38.0 Å². The molecular weight excluding hydrogens is 268 g/mol. The standard InChI is InChI=1S/C20H36N2/c1-7-21(14-12-17(3)4)19-10-9-11-20(16-19)22(8-2)15-13-18(5)6/h9-11,16-18H,7-8,12-15H2,1-6H3. The normalized spacial score (nSPS) is 11.3. The monoisotopic (exact) mass is 304 g/mol. The van der Waals surface area contributed by atoms with E-state index in [1.807, 2.05) is 0 Å². The molecule has 1 aromatic rings. The Kier molecular flexibility index (Phi) is 8.37. The average molecular weight is 305 g/mol. The van der Waals surface area contributed by atoms with E-state index in [4.69, 9.17) is 0 Å². The average Bonchev–Trinajstić information content (AvgIpc) is 2.48. The summed E-state index contributed by atoms with van der Waals surface area (Å²) in [5, 5.41) is 0. The van der Waals surface area contributed by atoms with Gasteiger partial charge >= 0.3 is 0 Å². The van der Waals surface area contributed by atoms with Crippen LogP contribution in [0.5, 0.6) is 0 Å². The smallest absolute Gasteiger partial charge is 0.0386 e. The second-order valence-electron chi connectivity index (χ2n) is 7.04. The minimum absolute atomic E-state index is 0.760. The van der Waals surface area contributed by atoms with Gasteiger partial charge in [-0.2, -0.15) is 0 Å². The van der Waals surface area contributed by atoms with Gasteiger partial charge < -0.3 is 9.80 Å². The van der Waals surface area contributed by atoms with Crippen LogP contribution in [0.3, 0.4) is 0 Å². The number of benzene rings is 1. The molecule has 0 aliphatic rings. The zero-order chi connectivity index (χ0) is 16.5. The summed E-state index contributed by atoms with van der Waals surface area (Å²) in [6.07, 6.45) is 2.51. The van der Waals surface area contributed by atoms with Crippen molar-refractivity contribution in [2.24, 2.45) is 11.8 Å². The van der Waals surface area contributed by atoms with Crippen molar-refractivity contribution in [1.82, 2.24) is 0 Å². The van der Waals surface area contributed by atoms with Crippen molar-refractivity contribution >= 4 is 11.4 Å². The van der Waals surface area contributed by atoms with Crippen LogP contribution in [0, 0.1) is 11.8 Å². The van der Waals surface area contributed by atoms with Crippen molar-refractivity contribution in [3.63, 3.8) is 0 Å². The number of nitrogens with zero attached hydrogens (tertiary/aromatic N) is 2. The third-order valence-electron chi connectivity index (χ3n) is 4.28. The van der Waals surface area contributed by atoms with Crippen molar-refractivity contribution in [3.05, 3.63) is 24.3 Å².